The van der Waals surface area contributed by atoms with Crippen molar-refractivity contribution in [3.8, 4) is 0 Å². The van der Waals surface area contributed by atoms with E-state index < -0.39 is 0 Å². The Balaban J connectivity index is 1.65. The fraction of sp³-hybridized carbons (Fsp3) is 0.647. The first-order valence-electron chi connectivity index (χ1n) is 7.76. The number of likely N-dealkylation sites (tertiary alicyclic amines) is 2. The Hall–Kier alpha value is -0.610. The quantitative estimate of drug-likeness (QED) is 0.850. The van der Waals surface area contributed by atoms with Gasteiger partial charge in [0.05, 0.1) is 6.61 Å². The molecule has 4 heteroatoms. The average molecular weight is 309 g/mol. The standard InChI is InChI=1S/C17H25ClN2O/c1-19-10-15(11-21-2)17(12-19)7-8-20(13-17)9-14-3-5-16(18)6-4-14/h3-6,15H,7-13H2,1-2H3/t15-,17-/m0/s1. The summed E-state index contributed by atoms with van der Waals surface area (Å²) in [6, 6.07) is 8.25. The fourth-order valence-corrected chi connectivity index (χ4v) is 4.29. The molecule has 0 bridgehead atoms. The second-order valence-corrected chi connectivity index (χ2v) is 7.23. The summed E-state index contributed by atoms with van der Waals surface area (Å²) in [5, 5.41) is 0.814. The van der Waals surface area contributed by atoms with Crippen LogP contribution < -0.4 is 0 Å². The summed E-state index contributed by atoms with van der Waals surface area (Å²) < 4.78 is 5.47. The van der Waals surface area contributed by atoms with Crippen LogP contribution in [0.1, 0.15) is 12.0 Å². The van der Waals surface area contributed by atoms with E-state index >= 15 is 0 Å². The summed E-state index contributed by atoms with van der Waals surface area (Å²) in [6.07, 6.45) is 1.29. The van der Waals surface area contributed by atoms with Crippen molar-refractivity contribution >= 4 is 11.6 Å². The monoisotopic (exact) mass is 308 g/mol. The molecule has 0 saturated carbocycles. The lowest BCUT2D eigenvalue weighted by Gasteiger charge is -2.30. The zero-order valence-corrected chi connectivity index (χ0v) is 13.8. The molecule has 2 aliphatic rings. The molecular weight excluding hydrogens is 284 g/mol. The molecule has 0 amide bonds. The van der Waals surface area contributed by atoms with Crippen LogP contribution >= 0.6 is 11.6 Å². The Bertz CT molecular complexity index is 478. The van der Waals surface area contributed by atoms with Crippen LogP contribution in [-0.4, -0.2) is 56.7 Å². The summed E-state index contributed by atoms with van der Waals surface area (Å²) >= 11 is 5.96. The highest BCUT2D eigenvalue weighted by atomic mass is 35.5. The van der Waals surface area contributed by atoms with Gasteiger partial charge in [-0.25, -0.2) is 0 Å². The van der Waals surface area contributed by atoms with Crippen LogP contribution in [0.5, 0.6) is 0 Å². The summed E-state index contributed by atoms with van der Waals surface area (Å²) in [7, 11) is 4.06. The summed E-state index contributed by atoms with van der Waals surface area (Å²) in [5.74, 6) is 0.669. The molecule has 2 heterocycles. The highest BCUT2D eigenvalue weighted by Crippen LogP contribution is 2.43. The molecule has 0 aliphatic carbocycles. The summed E-state index contributed by atoms with van der Waals surface area (Å²) in [5.41, 5.74) is 1.78. The van der Waals surface area contributed by atoms with Crippen LogP contribution in [0.25, 0.3) is 0 Å². The lowest BCUT2D eigenvalue weighted by Crippen LogP contribution is -2.36. The van der Waals surface area contributed by atoms with Crippen molar-refractivity contribution < 1.29 is 4.74 Å². The van der Waals surface area contributed by atoms with E-state index in [2.05, 4.69) is 29.0 Å². The van der Waals surface area contributed by atoms with Crippen molar-refractivity contribution in [1.29, 1.82) is 0 Å². The Kier molecular flexibility index (Phi) is 4.55. The van der Waals surface area contributed by atoms with Crippen molar-refractivity contribution in [2.75, 3.05) is 46.9 Å². The zero-order chi connectivity index (χ0) is 14.9. The molecule has 116 valence electrons. The maximum absolute atomic E-state index is 5.96. The van der Waals surface area contributed by atoms with Crippen LogP contribution in [0.15, 0.2) is 24.3 Å². The van der Waals surface area contributed by atoms with Gasteiger partial charge in [0.2, 0.25) is 0 Å². The normalized spacial score (nSPS) is 30.5. The van der Waals surface area contributed by atoms with E-state index in [1.54, 1.807) is 0 Å². The minimum atomic E-state index is 0.428. The minimum absolute atomic E-state index is 0.428. The SMILES string of the molecule is COC[C@@H]1CN(C)C[C@]12CCN(Cc1ccc(Cl)cc1)C2. The lowest BCUT2D eigenvalue weighted by atomic mass is 9.78. The number of methoxy groups -OCH3 is 1. The molecule has 2 aliphatic heterocycles. The number of nitrogens with zero attached hydrogens (tertiary/aromatic N) is 2. The van der Waals surface area contributed by atoms with E-state index in [0.717, 1.165) is 18.2 Å². The van der Waals surface area contributed by atoms with Crippen LogP contribution in [0, 0.1) is 11.3 Å². The first kappa shape index (κ1) is 15.3. The maximum Gasteiger partial charge on any atom is 0.0509 e. The van der Waals surface area contributed by atoms with Crippen LogP contribution in [0.2, 0.25) is 5.02 Å². The van der Waals surface area contributed by atoms with Crippen molar-refractivity contribution in [1.82, 2.24) is 9.80 Å². The van der Waals surface area contributed by atoms with E-state index in [-0.39, 0.29) is 0 Å². The third kappa shape index (κ3) is 3.26. The maximum atomic E-state index is 5.96. The molecule has 1 aromatic carbocycles. The van der Waals surface area contributed by atoms with Crippen molar-refractivity contribution in [2.24, 2.45) is 11.3 Å². The molecular formula is C17H25ClN2O. The molecule has 0 unspecified atom stereocenters. The molecule has 0 aromatic heterocycles. The Morgan fingerprint density at radius 2 is 2.05 bits per heavy atom. The van der Waals surface area contributed by atoms with E-state index in [1.165, 1.54) is 38.2 Å². The van der Waals surface area contributed by atoms with Gasteiger partial charge in [-0.1, -0.05) is 23.7 Å². The van der Waals surface area contributed by atoms with E-state index in [0.29, 0.717) is 11.3 Å². The van der Waals surface area contributed by atoms with Gasteiger partial charge in [0.1, 0.15) is 0 Å². The van der Waals surface area contributed by atoms with E-state index in [4.69, 9.17) is 16.3 Å². The smallest absolute Gasteiger partial charge is 0.0509 e. The van der Waals surface area contributed by atoms with Gasteiger partial charge in [0, 0.05) is 49.6 Å². The molecule has 3 nitrogen and oxygen atoms in total. The average Bonchev–Trinajstić information content (AvgIpc) is 2.98. The minimum Gasteiger partial charge on any atom is -0.384 e. The van der Waals surface area contributed by atoms with Gasteiger partial charge in [-0.05, 0) is 37.7 Å². The number of hydrogen-bond acceptors (Lipinski definition) is 3. The highest BCUT2D eigenvalue weighted by molar-refractivity contribution is 6.30. The van der Waals surface area contributed by atoms with Gasteiger partial charge in [-0.3, -0.25) is 4.90 Å². The fourth-order valence-electron chi connectivity index (χ4n) is 4.16. The van der Waals surface area contributed by atoms with Crippen LogP contribution in [0.4, 0.5) is 0 Å². The Labute approximate surface area is 132 Å². The molecule has 2 atom stereocenters. The third-order valence-corrected chi connectivity index (χ3v) is 5.39. The third-order valence-electron chi connectivity index (χ3n) is 5.13. The summed E-state index contributed by atoms with van der Waals surface area (Å²) in [6.45, 7) is 6.67. The van der Waals surface area contributed by atoms with Gasteiger partial charge < -0.3 is 9.64 Å². The number of ether oxygens (including phenoxy) is 1. The van der Waals surface area contributed by atoms with Gasteiger partial charge in [-0.15, -0.1) is 0 Å². The van der Waals surface area contributed by atoms with E-state index in [9.17, 15) is 0 Å². The van der Waals surface area contributed by atoms with E-state index in [1.807, 2.05) is 19.2 Å². The number of rotatable bonds is 4. The Morgan fingerprint density at radius 3 is 2.76 bits per heavy atom. The Morgan fingerprint density at radius 1 is 1.29 bits per heavy atom. The second kappa shape index (κ2) is 6.25. The van der Waals surface area contributed by atoms with Crippen molar-refractivity contribution in [3.63, 3.8) is 0 Å². The molecule has 21 heavy (non-hydrogen) atoms. The topological polar surface area (TPSA) is 15.7 Å². The molecule has 2 saturated heterocycles. The van der Waals surface area contributed by atoms with Crippen molar-refractivity contribution in [3.05, 3.63) is 34.9 Å². The predicted molar refractivity (Wildman–Crippen MR) is 86.6 cm³/mol. The molecule has 1 spiro atoms. The number of benzene rings is 1. The van der Waals surface area contributed by atoms with Crippen molar-refractivity contribution in [2.45, 2.75) is 13.0 Å². The highest BCUT2D eigenvalue weighted by Gasteiger charge is 2.49. The van der Waals surface area contributed by atoms with Gasteiger partial charge in [0.15, 0.2) is 0 Å². The van der Waals surface area contributed by atoms with Gasteiger partial charge >= 0.3 is 0 Å². The first-order valence-corrected chi connectivity index (χ1v) is 8.13. The van der Waals surface area contributed by atoms with Crippen LogP contribution in [-0.2, 0) is 11.3 Å². The molecule has 0 radical (unpaired) electrons. The molecule has 2 fully saturated rings. The zero-order valence-electron chi connectivity index (χ0n) is 13.0. The lowest BCUT2D eigenvalue weighted by molar-refractivity contribution is 0.0959. The predicted octanol–water partition coefficient (Wildman–Crippen LogP) is 2.74. The molecule has 1 aromatic rings. The molecule has 3 rings (SSSR count). The first-order chi connectivity index (χ1) is 10.1. The second-order valence-electron chi connectivity index (χ2n) is 6.80. The van der Waals surface area contributed by atoms with Gasteiger partial charge in [-0.2, -0.15) is 0 Å². The largest absolute Gasteiger partial charge is 0.384 e. The molecule has 0 N–H and O–H groups in total. The van der Waals surface area contributed by atoms with Crippen LogP contribution in [0.3, 0.4) is 0 Å². The van der Waals surface area contributed by atoms with Gasteiger partial charge in [0.25, 0.3) is 0 Å². The summed E-state index contributed by atoms with van der Waals surface area (Å²) in [4.78, 5) is 5.06. The number of hydrogen-bond donors (Lipinski definition) is 0. The number of halogens is 1.